The van der Waals surface area contributed by atoms with E-state index in [-0.39, 0.29) is 23.5 Å². The average molecular weight is 410 g/mol. The molecule has 1 aromatic heterocycles. The number of hydrazone groups is 1. The Labute approximate surface area is 172 Å². The van der Waals surface area contributed by atoms with Gasteiger partial charge in [0.05, 0.1) is 24.8 Å². The van der Waals surface area contributed by atoms with Crippen LogP contribution in [0.2, 0.25) is 0 Å². The summed E-state index contributed by atoms with van der Waals surface area (Å²) in [6, 6.07) is 17.0. The summed E-state index contributed by atoms with van der Waals surface area (Å²) in [6.07, 6.45) is 2.16. The molecular formula is C22H19FN2O3S. The number of hydrogen-bond acceptors (Lipinski definition) is 5. The Hall–Kier alpha value is -3.06. The van der Waals surface area contributed by atoms with Crippen LogP contribution in [-0.2, 0) is 4.79 Å². The topological polar surface area (TPSA) is 55.0 Å². The number of nitrogens with zero attached hydrogens (tertiary/aromatic N) is 2. The van der Waals surface area contributed by atoms with Crippen molar-refractivity contribution in [1.82, 2.24) is 5.01 Å². The number of hydrogen-bond donors (Lipinski definition) is 0. The van der Waals surface area contributed by atoms with Crippen molar-refractivity contribution in [2.24, 2.45) is 5.10 Å². The Kier molecular flexibility index (Phi) is 5.67. The zero-order valence-corrected chi connectivity index (χ0v) is 16.6. The Balaban J connectivity index is 1.53. The molecule has 0 saturated heterocycles. The summed E-state index contributed by atoms with van der Waals surface area (Å²) in [7, 11) is 1.62. The lowest BCUT2D eigenvalue weighted by atomic mass is 10.0. The van der Waals surface area contributed by atoms with E-state index in [4.69, 9.17) is 9.15 Å². The summed E-state index contributed by atoms with van der Waals surface area (Å²) in [4.78, 5) is 13.8. The normalized spacial score (nSPS) is 16.0. The minimum absolute atomic E-state index is 0.135. The molecule has 148 valence electrons. The van der Waals surface area contributed by atoms with E-state index in [0.29, 0.717) is 12.2 Å². The molecule has 4 rings (SSSR count). The third-order valence-corrected chi connectivity index (χ3v) is 5.63. The number of carbonyl (C=O) groups is 1. The molecule has 1 amide bonds. The standard InChI is InChI=1S/C22H19FN2O3S/c1-27-17-8-4-15(5-9-17)19-13-20(21-3-2-12-28-21)25(24-19)22(26)14-29-18-10-6-16(23)7-11-18/h2-12,20H,13-14H2,1H3/t20-/m0/s1. The van der Waals surface area contributed by atoms with E-state index < -0.39 is 0 Å². The fourth-order valence-electron chi connectivity index (χ4n) is 3.14. The predicted octanol–water partition coefficient (Wildman–Crippen LogP) is 4.90. The molecule has 2 aromatic carbocycles. The minimum Gasteiger partial charge on any atom is -0.497 e. The van der Waals surface area contributed by atoms with E-state index in [1.807, 2.05) is 30.3 Å². The van der Waals surface area contributed by atoms with Gasteiger partial charge in [0.25, 0.3) is 5.91 Å². The zero-order chi connectivity index (χ0) is 20.2. The molecule has 0 spiro atoms. The molecule has 1 aliphatic heterocycles. The van der Waals surface area contributed by atoms with Crippen molar-refractivity contribution in [1.29, 1.82) is 0 Å². The van der Waals surface area contributed by atoms with Crippen molar-refractivity contribution < 1.29 is 18.3 Å². The van der Waals surface area contributed by atoms with Gasteiger partial charge in [0.2, 0.25) is 0 Å². The van der Waals surface area contributed by atoms with Crippen LogP contribution in [0.4, 0.5) is 4.39 Å². The first-order valence-electron chi connectivity index (χ1n) is 9.10. The van der Waals surface area contributed by atoms with Crippen molar-refractivity contribution in [3.63, 3.8) is 0 Å². The first-order chi connectivity index (χ1) is 14.1. The van der Waals surface area contributed by atoms with Crippen LogP contribution in [0.25, 0.3) is 0 Å². The minimum atomic E-state index is -0.299. The zero-order valence-electron chi connectivity index (χ0n) is 15.7. The number of rotatable bonds is 6. The van der Waals surface area contributed by atoms with Gasteiger partial charge in [-0.3, -0.25) is 4.79 Å². The van der Waals surface area contributed by atoms with Gasteiger partial charge in [0.15, 0.2) is 0 Å². The van der Waals surface area contributed by atoms with Crippen LogP contribution >= 0.6 is 11.8 Å². The van der Waals surface area contributed by atoms with Gasteiger partial charge in [-0.2, -0.15) is 5.10 Å². The van der Waals surface area contributed by atoms with Crippen LogP contribution in [-0.4, -0.2) is 29.5 Å². The van der Waals surface area contributed by atoms with Gasteiger partial charge in [-0.1, -0.05) is 0 Å². The second-order valence-corrected chi connectivity index (χ2v) is 7.54. The van der Waals surface area contributed by atoms with Crippen LogP contribution in [0.1, 0.15) is 23.8 Å². The summed E-state index contributed by atoms with van der Waals surface area (Å²) < 4.78 is 23.8. The van der Waals surface area contributed by atoms with E-state index in [1.165, 1.54) is 28.9 Å². The van der Waals surface area contributed by atoms with Crippen molar-refractivity contribution in [3.8, 4) is 5.75 Å². The first kappa shape index (κ1) is 19.3. The lowest BCUT2D eigenvalue weighted by Crippen LogP contribution is -2.28. The number of methoxy groups -OCH3 is 1. The molecule has 7 heteroatoms. The Morgan fingerprint density at radius 1 is 1.21 bits per heavy atom. The van der Waals surface area contributed by atoms with Gasteiger partial charge in [0.1, 0.15) is 23.4 Å². The maximum atomic E-state index is 13.1. The molecule has 29 heavy (non-hydrogen) atoms. The molecule has 0 N–H and O–H groups in total. The van der Waals surface area contributed by atoms with Gasteiger partial charge in [-0.25, -0.2) is 9.40 Å². The lowest BCUT2D eigenvalue weighted by Gasteiger charge is -2.19. The fraction of sp³-hybridized carbons (Fsp3) is 0.182. The van der Waals surface area contributed by atoms with Gasteiger partial charge < -0.3 is 9.15 Å². The molecule has 0 unspecified atom stereocenters. The highest BCUT2D eigenvalue weighted by Gasteiger charge is 2.34. The van der Waals surface area contributed by atoms with Gasteiger partial charge in [-0.15, -0.1) is 11.8 Å². The summed E-state index contributed by atoms with van der Waals surface area (Å²) in [6.45, 7) is 0. The third-order valence-electron chi connectivity index (χ3n) is 4.64. The molecular weight excluding hydrogens is 391 g/mol. The van der Waals surface area contributed by atoms with Crippen LogP contribution in [0.5, 0.6) is 5.75 Å². The van der Waals surface area contributed by atoms with Crippen LogP contribution < -0.4 is 4.74 Å². The summed E-state index contributed by atoms with van der Waals surface area (Å²) in [5.41, 5.74) is 1.75. The highest BCUT2D eigenvalue weighted by Crippen LogP contribution is 2.34. The van der Waals surface area contributed by atoms with Gasteiger partial charge in [-0.05, 0) is 66.2 Å². The molecule has 3 aromatic rings. The van der Waals surface area contributed by atoms with Crippen LogP contribution in [0, 0.1) is 5.82 Å². The summed E-state index contributed by atoms with van der Waals surface area (Å²) in [5, 5.41) is 6.10. The number of carbonyl (C=O) groups excluding carboxylic acids is 1. The third kappa shape index (κ3) is 4.35. The largest absolute Gasteiger partial charge is 0.497 e. The van der Waals surface area contributed by atoms with Crippen molar-refractivity contribution in [2.75, 3.05) is 12.9 Å². The summed E-state index contributed by atoms with van der Waals surface area (Å²) in [5.74, 6) is 1.22. The molecule has 0 fully saturated rings. The van der Waals surface area contributed by atoms with Crippen molar-refractivity contribution in [2.45, 2.75) is 17.4 Å². The Bertz CT molecular complexity index is 1000. The molecule has 0 radical (unpaired) electrons. The lowest BCUT2D eigenvalue weighted by molar-refractivity contribution is -0.130. The highest BCUT2D eigenvalue weighted by atomic mass is 32.2. The number of benzene rings is 2. The number of halogens is 1. The smallest absolute Gasteiger partial charge is 0.253 e. The molecule has 1 atom stereocenters. The van der Waals surface area contributed by atoms with Crippen molar-refractivity contribution in [3.05, 3.63) is 84.1 Å². The van der Waals surface area contributed by atoms with E-state index in [2.05, 4.69) is 5.10 Å². The average Bonchev–Trinajstić information content (AvgIpc) is 3.43. The number of ether oxygens (including phenoxy) is 1. The Morgan fingerprint density at radius 3 is 2.62 bits per heavy atom. The highest BCUT2D eigenvalue weighted by molar-refractivity contribution is 8.00. The second-order valence-electron chi connectivity index (χ2n) is 6.49. The number of thioether (sulfide) groups is 1. The van der Waals surface area contributed by atoms with Crippen LogP contribution in [0.3, 0.4) is 0 Å². The first-order valence-corrected chi connectivity index (χ1v) is 10.1. The van der Waals surface area contributed by atoms with Gasteiger partial charge in [0, 0.05) is 11.3 Å². The predicted molar refractivity (Wildman–Crippen MR) is 110 cm³/mol. The SMILES string of the molecule is COc1ccc(C2=NN(C(=O)CSc3ccc(F)cc3)[C@H](c3ccco3)C2)cc1. The monoisotopic (exact) mass is 410 g/mol. The number of furan rings is 1. The maximum Gasteiger partial charge on any atom is 0.253 e. The second kappa shape index (κ2) is 8.53. The molecule has 5 nitrogen and oxygen atoms in total. The Morgan fingerprint density at radius 2 is 1.97 bits per heavy atom. The van der Waals surface area contributed by atoms with E-state index in [1.54, 1.807) is 31.6 Å². The molecule has 1 aliphatic rings. The molecule has 2 heterocycles. The molecule has 0 bridgehead atoms. The van der Waals surface area contributed by atoms with Crippen molar-refractivity contribution >= 4 is 23.4 Å². The maximum absolute atomic E-state index is 13.1. The van der Waals surface area contributed by atoms with E-state index in [9.17, 15) is 9.18 Å². The van der Waals surface area contributed by atoms with Crippen LogP contribution in [0.15, 0.2) is 81.3 Å². The summed E-state index contributed by atoms with van der Waals surface area (Å²) >= 11 is 1.35. The number of amides is 1. The van der Waals surface area contributed by atoms with E-state index >= 15 is 0 Å². The molecule has 0 saturated carbocycles. The quantitative estimate of drug-likeness (QED) is 0.543. The molecule has 0 aliphatic carbocycles. The van der Waals surface area contributed by atoms with Gasteiger partial charge >= 0.3 is 0 Å². The fourth-order valence-corrected chi connectivity index (χ4v) is 3.89. The van der Waals surface area contributed by atoms with E-state index in [0.717, 1.165) is 21.9 Å².